The van der Waals surface area contributed by atoms with Crippen LogP contribution in [0.25, 0.3) is 0 Å². The van der Waals surface area contributed by atoms with E-state index in [-0.39, 0.29) is 27.3 Å². The van der Waals surface area contributed by atoms with Gasteiger partial charge in [0, 0.05) is 16.7 Å². The number of hydrogen-bond donors (Lipinski definition) is 0. The number of esters is 2. The Labute approximate surface area is 179 Å². The van der Waals surface area contributed by atoms with Gasteiger partial charge >= 0.3 is 11.9 Å². The van der Waals surface area contributed by atoms with Crippen LogP contribution >= 0.6 is 0 Å². The van der Waals surface area contributed by atoms with Gasteiger partial charge in [0.15, 0.2) is 11.7 Å². The highest BCUT2D eigenvalue weighted by atomic mass is 32.2. The SMILES string of the molecule is COC(=O)C(C(=O)OC)C1=C/C(=N\S(=O)(=O)c2ccc(C)cc2)c2ccccc2C1=O. The fourth-order valence-corrected chi connectivity index (χ4v) is 4.11. The molecule has 0 bridgehead atoms. The number of nitrogens with zero attached hydrogens (tertiary/aromatic N) is 1. The number of ether oxygens (including phenoxy) is 2. The Hall–Kier alpha value is -3.59. The van der Waals surface area contributed by atoms with E-state index in [0.717, 1.165) is 25.9 Å². The molecule has 0 atom stereocenters. The van der Waals surface area contributed by atoms with Crippen LogP contribution < -0.4 is 0 Å². The zero-order valence-electron chi connectivity index (χ0n) is 17.0. The Morgan fingerprint density at radius 1 is 0.903 bits per heavy atom. The minimum atomic E-state index is -4.14. The topological polar surface area (TPSA) is 116 Å². The Balaban J connectivity index is 2.22. The molecule has 0 saturated heterocycles. The number of benzene rings is 2. The summed E-state index contributed by atoms with van der Waals surface area (Å²) in [6.45, 7) is 1.82. The van der Waals surface area contributed by atoms with Crippen molar-refractivity contribution in [1.29, 1.82) is 0 Å². The molecule has 0 amide bonds. The predicted octanol–water partition coefficient (Wildman–Crippen LogP) is 2.26. The number of carbonyl (C=O) groups is 3. The molecule has 1 aliphatic carbocycles. The first-order valence-corrected chi connectivity index (χ1v) is 10.6. The smallest absolute Gasteiger partial charge is 0.324 e. The van der Waals surface area contributed by atoms with E-state index in [9.17, 15) is 22.8 Å². The third-order valence-electron chi connectivity index (χ3n) is 4.72. The first-order valence-electron chi connectivity index (χ1n) is 9.12. The molecule has 0 N–H and O–H groups in total. The summed E-state index contributed by atoms with van der Waals surface area (Å²) >= 11 is 0. The molecule has 0 fully saturated rings. The van der Waals surface area contributed by atoms with Gasteiger partial charge in [0.2, 0.25) is 0 Å². The Bertz CT molecular complexity index is 1210. The minimum absolute atomic E-state index is 0.0348. The summed E-state index contributed by atoms with van der Waals surface area (Å²) in [5.41, 5.74) is 0.885. The Morgan fingerprint density at radius 3 is 2.00 bits per heavy atom. The quantitative estimate of drug-likeness (QED) is 0.516. The maximum Gasteiger partial charge on any atom is 0.324 e. The lowest BCUT2D eigenvalue weighted by Gasteiger charge is -2.21. The first kappa shape index (κ1) is 22.1. The van der Waals surface area contributed by atoms with Crippen molar-refractivity contribution >= 4 is 33.5 Å². The summed E-state index contributed by atoms with van der Waals surface area (Å²) in [5.74, 6) is -4.32. The zero-order chi connectivity index (χ0) is 22.8. The number of hydrogen-bond acceptors (Lipinski definition) is 7. The number of Topliss-reactive ketones (excluding diaryl/α,β-unsaturated/α-hetero) is 1. The lowest BCUT2D eigenvalue weighted by Crippen LogP contribution is -2.34. The van der Waals surface area contributed by atoms with Crippen molar-refractivity contribution in [3.8, 4) is 0 Å². The van der Waals surface area contributed by atoms with Crippen molar-refractivity contribution in [2.45, 2.75) is 11.8 Å². The Morgan fingerprint density at radius 2 is 1.45 bits per heavy atom. The van der Waals surface area contributed by atoms with Gasteiger partial charge in [-0.25, -0.2) is 0 Å². The van der Waals surface area contributed by atoms with E-state index in [0.29, 0.717) is 0 Å². The molecule has 160 valence electrons. The molecule has 31 heavy (non-hydrogen) atoms. The van der Waals surface area contributed by atoms with E-state index in [2.05, 4.69) is 13.9 Å². The minimum Gasteiger partial charge on any atom is -0.468 e. The normalized spacial score (nSPS) is 14.8. The number of aryl methyl sites for hydroxylation is 1. The van der Waals surface area contributed by atoms with Crippen LogP contribution in [0, 0.1) is 12.8 Å². The van der Waals surface area contributed by atoms with E-state index in [1.165, 1.54) is 24.3 Å². The molecule has 8 nitrogen and oxygen atoms in total. The number of sulfonamides is 1. The van der Waals surface area contributed by atoms with Crippen molar-refractivity contribution in [2.75, 3.05) is 14.2 Å². The largest absolute Gasteiger partial charge is 0.468 e. The second-order valence-electron chi connectivity index (χ2n) is 6.72. The van der Waals surface area contributed by atoms with Crippen LogP contribution in [-0.4, -0.2) is 46.1 Å². The van der Waals surface area contributed by atoms with Gasteiger partial charge < -0.3 is 9.47 Å². The van der Waals surface area contributed by atoms with Gasteiger partial charge in [0.25, 0.3) is 10.0 Å². The molecule has 2 aromatic carbocycles. The van der Waals surface area contributed by atoms with Crippen LogP contribution in [0.4, 0.5) is 0 Å². The van der Waals surface area contributed by atoms with E-state index in [4.69, 9.17) is 0 Å². The summed E-state index contributed by atoms with van der Waals surface area (Å²) < 4.78 is 39.0. The summed E-state index contributed by atoms with van der Waals surface area (Å²) in [5, 5.41) is 0. The summed E-state index contributed by atoms with van der Waals surface area (Å²) in [7, 11) is -2.01. The highest BCUT2D eigenvalue weighted by Gasteiger charge is 2.39. The molecular formula is C22H19NO7S. The van der Waals surface area contributed by atoms with Crippen molar-refractivity contribution in [3.63, 3.8) is 0 Å². The highest BCUT2D eigenvalue weighted by Crippen LogP contribution is 2.29. The van der Waals surface area contributed by atoms with Gasteiger partial charge in [0.05, 0.1) is 24.8 Å². The molecular weight excluding hydrogens is 422 g/mol. The molecule has 0 spiro atoms. The lowest BCUT2D eigenvalue weighted by molar-refractivity contribution is -0.156. The van der Waals surface area contributed by atoms with Crippen LogP contribution in [0.1, 0.15) is 21.5 Å². The number of fused-ring (bicyclic) bond motifs is 1. The average Bonchev–Trinajstić information content (AvgIpc) is 2.76. The van der Waals surface area contributed by atoms with Gasteiger partial charge in [-0.05, 0) is 25.1 Å². The van der Waals surface area contributed by atoms with Crippen LogP contribution in [-0.2, 0) is 29.1 Å². The molecule has 0 saturated carbocycles. The third kappa shape index (κ3) is 4.31. The van der Waals surface area contributed by atoms with Gasteiger partial charge in [-0.3, -0.25) is 14.4 Å². The number of rotatable bonds is 5. The molecule has 9 heteroatoms. The summed E-state index contributed by atoms with van der Waals surface area (Å²) in [4.78, 5) is 37.5. The fraction of sp³-hybridized carbons (Fsp3) is 0.182. The molecule has 0 aliphatic heterocycles. The van der Waals surface area contributed by atoms with Crippen molar-refractivity contribution in [2.24, 2.45) is 10.3 Å². The van der Waals surface area contributed by atoms with Gasteiger partial charge in [-0.15, -0.1) is 0 Å². The van der Waals surface area contributed by atoms with Crippen molar-refractivity contribution in [1.82, 2.24) is 0 Å². The summed E-state index contributed by atoms with van der Waals surface area (Å²) in [6, 6.07) is 12.3. The molecule has 2 aromatic rings. The Kier molecular flexibility index (Phi) is 6.16. The highest BCUT2D eigenvalue weighted by molar-refractivity contribution is 7.90. The van der Waals surface area contributed by atoms with Gasteiger partial charge in [-0.2, -0.15) is 12.8 Å². The van der Waals surface area contributed by atoms with E-state index in [1.807, 2.05) is 6.92 Å². The molecule has 0 aromatic heterocycles. The van der Waals surface area contributed by atoms with Crippen molar-refractivity contribution in [3.05, 3.63) is 76.9 Å². The van der Waals surface area contributed by atoms with Crippen LogP contribution in [0.2, 0.25) is 0 Å². The molecule has 3 rings (SSSR count). The van der Waals surface area contributed by atoms with Crippen molar-refractivity contribution < 1.29 is 32.3 Å². The zero-order valence-corrected chi connectivity index (χ0v) is 17.8. The lowest BCUT2D eigenvalue weighted by atomic mass is 9.83. The summed E-state index contributed by atoms with van der Waals surface area (Å²) in [6.07, 6.45) is 1.12. The van der Waals surface area contributed by atoms with Gasteiger partial charge in [-0.1, -0.05) is 42.0 Å². The first-order chi connectivity index (χ1) is 14.7. The molecule has 0 heterocycles. The predicted molar refractivity (Wildman–Crippen MR) is 111 cm³/mol. The average molecular weight is 441 g/mol. The number of methoxy groups -OCH3 is 2. The fourth-order valence-electron chi connectivity index (χ4n) is 3.12. The van der Waals surface area contributed by atoms with E-state index >= 15 is 0 Å². The van der Waals surface area contributed by atoms with Gasteiger partial charge in [0.1, 0.15) is 0 Å². The second kappa shape index (κ2) is 8.65. The maximum absolute atomic E-state index is 13.0. The number of allylic oxidation sites excluding steroid dienone is 1. The standard InChI is InChI=1S/C22H19NO7S/c1-13-8-10-14(11-9-13)31(27,28)23-18-12-17(19(21(25)29-2)22(26)30-3)20(24)16-7-5-4-6-15(16)18/h4-12,19H,1-3H3/b23-18+. The molecule has 1 aliphatic rings. The van der Waals surface area contributed by atoms with Crippen LogP contribution in [0.3, 0.4) is 0 Å². The molecule has 0 unspecified atom stereocenters. The number of carbonyl (C=O) groups excluding carboxylic acids is 3. The monoisotopic (exact) mass is 441 g/mol. The third-order valence-corrected chi connectivity index (χ3v) is 6.03. The van der Waals surface area contributed by atoms with E-state index in [1.54, 1.807) is 24.3 Å². The second-order valence-corrected chi connectivity index (χ2v) is 8.32. The number of ketones is 1. The maximum atomic E-state index is 13.0. The van der Waals surface area contributed by atoms with E-state index < -0.39 is 33.7 Å². The molecule has 0 radical (unpaired) electrons. The van der Waals surface area contributed by atoms with Crippen LogP contribution in [0.5, 0.6) is 0 Å². The van der Waals surface area contributed by atoms with Crippen LogP contribution in [0.15, 0.2) is 69.5 Å².